The average Bonchev–Trinajstić information content (AvgIpc) is 2.90. The van der Waals surface area contributed by atoms with E-state index in [2.05, 4.69) is 42.6 Å². The predicted molar refractivity (Wildman–Crippen MR) is 79.8 cm³/mol. The zero-order chi connectivity index (χ0) is 15.3. The average molecular weight is 291 g/mol. The van der Waals surface area contributed by atoms with Crippen molar-refractivity contribution in [2.45, 2.75) is 70.7 Å². The van der Waals surface area contributed by atoms with Gasteiger partial charge in [-0.15, -0.1) is 0 Å². The third-order valence-electron chi connectivity index (χ3n) is 4.70. The Morgan fingerprint density at radius 1 is 1.43 bits per heavy atom. The molecule has 2 atom stereocenters. The molecular formula is C16H25N3O2. The van der Waals surface area contributed by atoms with Crippen molar-refractivity contribution in [3.05, 3.63) is 18.2 Å². The second-order valence-corrected chi connectivity index (χ2v) is 7.46. The van der Waals surface area contributed by atoms with Crippen LogP contribution in [-0.2, 0) is 22.5 Å². The van der Waals surface area contributed by atoms with Gasteiger partial charge in [0.15, 0.2) is 0 Å². The molecule has 0 aromatic carbocycles. The van der Waals surface area contributed by atoms with Crippen LogP contribution >= 0.6 is 0 Å². The van der Waals surface area contributed by atoms with Gasteiger partial charge in [-0.3, -0.25) is 4.79 Å². The summed E-state index contributed by atoms with van der Waals surface area (Å²) in [7, 11) is 0. The number of nitrogens with one attached hydrogen (secondary N) is 1. The zero-order valence-electron chi connectivity index (χ0n) is 13.3. The van der Waals surface area contributed by atoms with Crippen LogP contribution in [0.1, 0.15) is 46.4 Å². The molecule has 0 aliphatic carbocycles. The Bertz CT molecular complexity index is 547. The van der Waals surface area contributed by atoms with Gasteiger partial charge in [-0.2, -0.15) is 0 Å². The molecule has 21 heavy (non-hydrogen) atoms. The highest BCUT2D eigenvalue weighted by molar-refractivity contribution is 5.79. The lowest BCUT2D eigenvalue weighted by molar-refractivity contribution is -0.128. The monoisotopic (exact) mass is 291 g/mol. The van der Waals surface area contributed by atoms with Crippen molar-refractivity contribution in [2.24, 2.45) is 5.92 Å². The molecule has 2 aliphatic heterocycles. The Morgan fingerprint density at radius 3 is 2.86 bits per heavy atom. The molecule has 1 amide bonds. The van der Waals surface area contributed by atoms with E-state index in [4.69, 9.17) is 4.74 Å². The SMILES string of the molecule is CC1(C)C[C@H](NC(=O)[C@H]2CCc3nccn3C2)C(C)(C)O1. The summed E-state index contributed by atoms with van der Waals surface area (Å²) in [5.74, 6) is 1.27. The fourth-order valence-electron chi connectivity index (χ4n) is 3.66. The summed E-state index contributed by atoms with van der Waals surface area (Å²) < 4.78 is 8.14. The molecule has 1 aromatic heterocycles. The standard InChI is InChI=1S/C16H25N3O2/c1-15(2)9-12(16(3,4)21-15)18-14(20)11-5-6-13-17-7-8-19(13)10-11/h7-8,11-12H,5-6,9-10H2,1-4H3,(H,18,20)/t11-,12-/m0/s1. The van der Waals surface area contributed by atoms with Gasteiger partial charge >= 0.3 is 0 Å². The van der Waals surface area contributed by atoms with Gasteiger partial charge in [-0.1, -0.05) is 0 Å². The molecule has 3 rings (SSSR count). The summed E-state index contributed by atoms with van der Waals surface area (Å²) in [6.45, 7) is 9.01. The molecule has 0 bridgehead atoms. The summed E-state index contributed by atoms with van der Waals surface area (Å²) in [5.41, 5.74) is -0.487. The maximum absolute atomic E-state index is 12.6. The number of aromatic nitrogens is 2. The fraction of sp³-hybridized carbons (Fsp3) is 0.750. The van der Waals surface area contributed by atoms with Crippen LogP contribution in [0.2, 0.25) is 0 Å². The number of ether oxygens (including phenoxy) is 1. The Hall–Kier alpha value is -1.36. The predicted octanol–water partition coefficient (Wildman–Crippen LogP) is 1.91. The van der Waals surface area contributed by atoms with E-state index in [0.29, 0.717) is 0 Å². The van der Waals surface area contributed by atoms with Crippen molar-refractivity contribution < 1.29 is 9.53 Å². The zero-order valence-corrected chi connectivity index (χ0v) is 13.3. The van der Waals surface area contributed by atoms with E-state index >= 15 is 0 Å². The first kappa shape index (κ1) is 14.6. The van der Waals surface area contributed by atoms with Crippen molar-refractivity contribution in [2.75, 3.05) is 0 Å². The maximum atomic E-state index is 12.6. The molecule has 1 aromatic rings. The van der Waals surface area contributed by atoms with Gasteiger partial charge in [0.25, 0.3) is 0 Å². The summed E-state index contributed by atoms with van der Waals surface area (Å²) in [6, 6.07) is 0.0733. The Balaban J connectivity index is 1.65. The molecule has 0 spiro atoms. The number of rotatable bonds is 2. The van der Waals surface area contributed by atoms with Crippen LogP contribution in [0, 0.1) is 5.92 Å². The molecule has 1 fully saturated rings. The van der Waals surface area contributed by atoms with Crippen LogP contribution in [0.5, 0.6) is 0 Å². The number of amides is 1. The smallest absolute Gasteiger partial charge is 0.225 e. The van der Waals surface area contributed by atoms with E-state index in [0.717, 1.165) is 31.6 Å². The minimum absolute atomic E-state index is 0.0335. The number of nitrogens with zero attached hydrogens (tertiary/aromatic N) is 2. The largest absolute Gasteiger partial charge is 0.367 e. The number of hydrogen-bond donors (Lipinski definition) is 1. The molecule has 0 saturated carbocycles. The lowest BCUT2D eigenvalue weighted by atomic mass is 9.92. The van der Waals surface area contributed by atoms with Gasteiger partial charge in [-0.25, -0.2) is 4.98 Å². The Kier molecular flexibility index (Phi) is 3.35. The van der Waals surface area contributed by atoms with Crippen LogP contribution in [0.15, 0.2) is 12.4 Å². The molecule has 1 N–H and O–H groups in total. The maximum Gasteiger partial charge on any atom is 0.225 e. The van der Waals surface area contributed by atoms with E-state index < -0.39 is 0 Å². The first-order chi connectivity index (χ1) is 9.77. The van der Waals surface area contributed by atoms with Crippen molar-refractivity contribution in [3.63, 3.8) is 0 Å². The second kappa shape index (κ2) is 4.83. The van der Waals surface area contributed by atoms with E-state index in [9.17, 15) is 4.79 Å². The van der Waals surface area contributed by atoms with Crippen molar-refractivity contribution in [1.82, 2.24) is 14.9 Å². The molecule has 116 valence electrons. The second-order valence-electron chi connectivity index (χ2n) is 7.46. The van der Waals surface area contributed by atoms with Gasteiger partial charge in [-0.05, 0) is 40.5 Å². The molecule has 5 heteroatoms. The van der Waals surface area contributed by atoms with Crippen LogP contribution < -0.4 is 5.32 Å². The first-order valence-electron chi connectivity index (χ1n) is 7.77. The summed E-state index contributed by atoms with van der Waals surface area (Å²) >= 11 is 0. The highest BCUT2D eigenvalue weighted by Crippen LogP contribution is 2.37. The van der Waals surface area contributed by atoms with Crippen LogP contribution in [0.25, 0.3) is 0 Å². The third-order valence-corrected chi connectivity index (χ3v) is 4.70. The first-order valence-corrected chi connectivity index (χ1v) is 7.77. The molecule has 0 radical (unpaired) electrons. The van der Waals surface area contributed by atoms with Gasteiger partial charge in [0.2, 0.25) is 5.91 Å². The molecule has 2 aliphatic rings. The van der Waals surface area contributed by atoms with Gasteiger partial charge in [0, 0.05) is 25.4 Å². The summed E-state index contributed by atoms with van der Waals surface area (Å²) in [4.78, 5) is 16.9. The van der Waals surface area contributed by atoms with E-state index in [-0.39, 0.29) is 29.1 Å². The number of carbonyl (C=O) groups excluding carboxylic acids is 1. The minimum atomic E-state index is -0.312. The van der Waals surface area contributed by atoms with Crippen molar-refractivity contribution in [3.8, 4) is 0 Å². The lowest BCUT2D eigenvalue weighted by Gasteiger charge is -2.30. The van der Waals surface area contributed by atoms with Crippen LogP contribution in [-0.4, -0.2) is 32.7 Å². The number of fused-ring (bicyclic) bond motifs is 1. The number of hydrogen-bond acceptors (Lipinski definition) is 3. The van der Waals surface area contributed by atoms with Crippen molar-refractivity contribution >= 4 is 5.91 Å². The molecular weight excluding hydrogens is 266 g/mol. The van der Waals surface area contributed by atoms with E-state index in [1.807, 2.05) is 12.4 Å². The Morgan fingerprint density at radius 2 is 2.19 bits per heavy atom. The number of carbonyl (C=O) groups is 1. The number of aryl methyl sites for hydroxylation is 1. The minimum Gasteiger partial charge on any atom is -0.367 e. The summed E-state index contributed by atoms with van der Waals surface area (Å²) in [6.07, 6.45) is 6.38. The van der Waals surface area contributed by atoms with Crippen molar-refractivity contribution in [1.29, 1.82) is 0 Å². The van der Waals surface area contributed by atoms with Crippen LogP contribution in [0.3, 0.4) is 0 Å². The highest BCUT2D eigenvalue weighted by Gasteiger charge is 2.47. The highest BCUT2D eigenvalue weighted by atomic mass is 16.5. The fourth-order valence-corrected chi connectivity index (χ4v) is 3.66. The quantitative estimate of drug-likeness (QED) is 0.905. The van der Waals surface area contributed by atoms with Gasteiger partial charge in [0.1, 0.15) is 5.82 Å². The topological polar surface area (TPSA) is 56.2 Å². The van der Waals surface area contributed by atoms with Gasteiger partial charge < -0.3 is 14.6 Å². The molecule has 5 nitrogen and oxygen atoms in total. The Labute approximate surface area is 126 Å². The summed E-state index contributed by atoms with van der Waals surface area (Å²) in [5, 5.41) is 3.22. The molecule has 1 saturated heterocycles. The normalized spacial score (nSPS) is 29.9. The molecule has 0 unspecified atom stereocenters. The number of imidazole rings is 1. The lowest BCUT2D eigenvalue weighted by Crippen LogP contribution is -2.49. The van der Waals surface area contributed by atoms with Gasteiger partial charge in [0.05, 0.1) is 23.2 Å². The van der Waals surface area contributed by atoms with Crippen LogP contribution in [0.4, 0.5) is 0 Å². The molecule has 3 heterocycles. The van der Waals surface area contributed by atoms with E-state index in [1.54, 1.807) is 0 Å². The third kappa shape index (κ3) is 2.84. The van der Waals surface area contributed by atoms with E-state index in [1.165, 1.54) is 0 Å².